The normalized spacial score (nSPS) is 30.3. The number of quaternary nitrogens is 2. The highest BCUT2D eigenvalue weighted by molar-refractivity contribution is 4.61. The molecule has 3 saturated heterocycles. The Kier molecular flexibility index (Phi) is 5.70. The lowest BCUT2D eigenvalue weighted by molar-refractivity contribution is -1.03. The fourth-order valence-corrected chi connectivity index (χ4v) is 4.23. The van der Waals surface area contributed by atoms with Crippen LogP contribution in [0.2, 0.25) is 0 Å². The van der Waals surface area contributed by atoms with Gasteiger partial charge in [-0.3, -0.25) is 0 Å². The third-order valence-electron chi connectivity index (χ3n) is 5.78. The fourth-order valence-electron chi connectivity index (χ4n) is 4.23. The van der Waals surface area contributed by atoms with E-state index in [2.05, 4.69) is 0 Å². The quantitative estimate of drug-likeness (QED) is 0.497. The average molecular weight is 334 g/mol. The lowest BCUT2D eigenvalue weighted by atomic mass is 10.0. The van der Waals surface area contributed by atoms with Crippen molar-refractivity contribution in [1.82, 2.24) is 0 Å². The van der Waals surface area contributed by atoms with Crippen LogP contribution in [-0.4, -0.2) is 74.5 Å². The summed E-state index contributed by atoms with van der Waals surface area (Å²) >= 11 is 0. The summed E-state index contributed by atoms with van der Waals surface area (Å²) in [6, 6.07) is 0. The first-order valence-corrected chi connectivity index (χ1v) is 8.11. The van der Waals surface area contributed by atoms with Crippen molar-refractivity contribution in [1.29, 1.82) is 0 Å². The van der Waals surface area contributed by atoms with Crippen molar-refractivity contribution in [3.05, 3.63) is 0 Å². The molecule has 0 atom stereocenters. The maximum Gasteiger partial charge on any atom is 0.129 e. The third kappa shape index (κ3) is 3.72. The molecule has 3 aliphatic heterocycles. The van der Waals surface area contributed by atoms with Gasteiger partial charge >= 0.3 is 0 Å². The van der Waals surface area contributed by atoms with Gasteiger partial charge in [0.05, 0.1) is 26.3 Å². The summed E-state index contributed by atoms with van der Waals surface area (Å²) in [6.45, 7) is 13.2. The summed E-state index contributed by atoms with van der Waals surface area (Å²) in [4.78, 5) is 0. The van der Waals surface area contributed by atoms with Crippen LogP contribution in [0.4, 0.5) is 0 Å². The molecule has 3 fully saturated rings. The van der Waals surface area contributed by atoms with Crippen LogP contribution in [0.3, 0.4) is 0 Å². The number of nitrogens with zero attached hydrogens (tertiary/aromatic N) is 2. The number of ether oxygens (including phenoxy) is 1. The number of morpholine rings is 1. The van der Waals surface area contributed by atoms with Gasteiger partial charge in [0.25, 0.3) is 0 Å². The second-order valence-corrected chi connectivity index (χ2v) is 6.85. The van der Waals surface area contributed by atoms with Crippen LogP contribution in [-0.2, 0) is 4.74 Å². The Morgan fingerprint density at radius 2 is 0.895 bits per heavy atom. The van der Waals surface area contributed by atoms with Crippen molar-refractivity contribution < 1.29 is 30.7 Å². The number of rotatable bonds is 0. The predicted molar refractivity (Wildman–Crippen MR) is 73.4 cm³/mol. The van der Waals surface area contributed by atoms with Crippen LogP contribution in [0.5, 0.6) is 0 Å². The van der Waals surface area contributed by atoms with Crippen LogP contribution >= 0.6 is 0 Å². The van der Waals surface area contributed by atoms with E-state index in [-0.39, 0.29) is 17.0 Å². The predicted octanol–water partition coefficient (Wildman–Crippen LogP) is -1.37. The Hall–Kier alpha value is 0.360. The van der Waals surface area contributed by atoms with Crippen molar-refractivity contribution in [2.45, 2.75) is 32.1 Å². The van der Waals surface area contributed by atoms with E-state index in [9.17, 15) is 0 Å². The summed E-state index contributed by atoms with van der Waals surface area (Å²) < 4.78 is 8.38. The van der Waals surface area contributed by atoms with Crippen LogP contribution in [0.25, 0.3) is 0 Å². The molecule has 0 aliphatic carbocycles. The van der Waals surface area contributed by atoms with E-state index in [1.54, 1.807) is 0 Å². The van der Waals surface area contributed by atoms with E-state index in [0.29, 0.717) is 0 Å². The van der Waals surface area contributed by atoms with E-state index >= 15 is 0 Å². The summed E-state index contributed by atoms with van der Waals surface area (Å²) in [5, 5.41) is 0. The smallest absolute Gasteiger partial charge is 0.129 e. The molecule has 0 aromatic rings. The standard InChI is InChI=1S/C15H30N2O.BrH/c1-2-4-6-16(7-5-3-1)8-10-17(11-9-16)12-14-18-15-13-17;/h1-15H2;1H/q+2;/p-1. The van der Waals surface area contributed by atoms with Crippen LogP contribution < -0.4 is 17.0 Å². The third-order valence-corrected chi connectivity index (χ3v) is 5.78. The van der Waals surface area contributed by atoms with Gasteiger partial charge in [-0.2, -0.15) is 0 Å². The lowest BCUT2D eigenvalue weighted by Gasteiger charge is -2.51. The molecule has 3 nitrogen and oxygen atoms in total. The monoisotopic (exact) mass is 333 g/mol. The minimum absolute atomic E-state index is 0. The number of hydrogen-bond acceptors (Lipinski definition) is 1. The molecule has 112 valence electrons. The molecule has 0 bridgehead atoms. The molecule has 0 aromatic carbocycles. The number of hydrogen-bond donors (Lipinski definition) is 0. The molecule has 0 saturated carbocycles. The number of piperazine rings is 1. The highest BCUT2D eigenvalue weighted by atomic mass is 79.9. The van der Waals surface area contributed by atoms with Crippen molar-refractivity contribution in [2.24, 2.45) is 0 Å². The molecule has 4 heteroatoms. The van der Waals surface area contributed by atoms with E-state index in [1.807, 2.05) is 0 Å². The molecule has 2 spiro atoms. The maximum absolute atomic E-state index is 5.55. The molecule has 3 heterocycles. The van der Waals surface area contributed by atoms with Gasteiger partial charge < -0.3 is 30.7 Å². The van der Waals surface area contributed by atoms with Gasteiger partial charge in [-0.25, -0.2) is 0 Å². The first-order valence-electron chi connectivity index (χ1n) is 8.11. The van der Waals surface area contributed by atoms with E-state index < -0.39 is 0 Å². The van der Waals surface area contributed by atoms with Gasteiger partial charge in [-0.15, -0.1) is 0 Å². The van der Waals surface area contributed by atoms with E-state index in [4.69, 9.17) is 4.74 Å². The SMILES string of the molecule is C1CCC[N+]2(CCC1)CC[N+]1(CCOCC1)CC2.[Br-]. The molecule has 19 heavy (non-hydrogen) atoms. The minimum Gasteiger partial charge on any atom is -1.00 e. The van der Waals surface area contributed by atoms with Gasteiger partial charge in [0.15, 0.2) is 0 Å². The summed E-state index contributed by atoms with van der Waals surface area (Å²) in [5.41, 5.74) is 0. The van der Waals surface area contributed by atoms with Gasteiger partial charge in [0.2, 0.25) is 0 Å². The van der Waals surface area contributed by atoms with Gasteiger partial charge in [0.1, 0.15) is 39.3 Å². The van der Waals surface area contributed by atoms with Crippen molar-refractivity contribution in [3.63, 3.8) is 0 Å². The van der Waals surface area contributed by atoms with Crippen LogP contribution in [0.1, 0.15) is 32.1 Å². The Bertz CT molecular complexity index is 259. The molecule has 0 amide bonds. The van der Waals surface area contributed by atoms with Crippen LogP contribution in [0.15, 0.2) is 0 Å². The Morgan fingerprint density at radius 1 is 0.474 bits per heavy atom. The van der Waals surface area contributed by atoms with E-state index in [1.165, 1.54) is 93.4 Å². The topological polar surface area (TPSA) is 9.23 Å². The molecule has 0 aromatic heterocycles. The fraction of sp³-hybridized carbons (Fsp3) is 1.00. The molecule has 3 rings (SSSR count). The number of halogens is 1. The second-order valence-electron chi connectivity index (χ2n) is 6.85. The lowest BCUT2D eigenvalue weighted by Crippen LogP contribution is -3.00. The van der Waals surface area contributed by atoms with E-state index in [0.717, 1.165) is 13.2 Å². The molecule has 0 N–H and O–H groups in total. The molecule has 0 unspecified atom stereocenters. The maximum atomic E-state index is 5.55. The average Bonchev–Trinajstić information content (AvgIpc) is 2.39. The molecular weight excluding hydrogens is 304 g/mol. The molecular formula is C15H30BrN2O+. The molecule has 0 radical (unpaired) electrons. The summed E-state index contributed by atoms with van der Waals surface area (Å²) in [6.07, 6.45) is 7.39. The summed E-state index contributed by atoms with van der Waals surface area (Å²) in [5.74, 6) is 0. The minimum atomic E-state index is 0. The molecule has 3 aliphatic rings. The van der Waals surface area contributed by atoms with Crippen molar-refractivity contribution >= 4 is 0 Å². The zero-order valence-electron chi connectivity index (χ0n) is 12.3. The first kappa shape index (κ1) is 15.7. The summed E-state index contributed by atoms with van der Waals surface area (Å²) in [7, 11) is 0. The van der Waals surface area contributed by atoms with Crippen LogP contribution in [0, 0.1) is 0 Å². The zero-order valence-corrected chi connectivity index (χ0v) is 13.9. The van der Waals surface area contributed by atoms with Gasteiger partial charge in [-0.1, -0.05) is 6.42 Å². The van der Waals surface area contributed by atoms with Gasteiger partial charge in [-0.05, 0) is 25.7 Å². The Balaban J connectivity index is 0.00000133. The second kappa shape index (κ2) is 6.88. The largest absolute Gasteiger partial charge is 1.00 e. The Labute approximate surface area is 128 Å². The van der Waals surface area contributed by atoms with Crippen molar-refractivity contribution in [3.8, 4) is 0 Å². The zero-order chi connectivity index (χ0) is 12.3. The van der Waals surface area contributed by atoms with Crippen molar-refractivity contribution in [2.75, 3.05) is 65.6 Å². The first-order chi connectivity index (χ1) is 8.83. The van der Waals surface area contributed by atoms with Gasteiger partial charge in [0, 0.05) is 0 Å². The Morgan fingerprint density at radius 3 is 1.42 bits per heavy atom. The highest BCUT2D eigenvalue weighted by Gasteiger charge is 2.42. The highest BCUT2D eigenvalue weighted by Crippen LogP contribution is 2.25.